The smallest absolute Gasteiger partial charge is 0.273 e. The van der Waals surface area contributed by atoms with Crippen LogP contribution in [-0.4, -0.2) is 12.0 Å². The van der Waals surface area contributed by atoms with Gasteiger partial charge in [-0.25, -0.2) is 0 Å². The third-order valence-electron chi connectivity index (χ3n) is 5.13. The van der Waals surface area contributed by atoms with Crippen LogP contribution in [0, 0.1) is 17.0 Å². The Morgan fingerprint density at radius 1 is 1.00 bits per heavy atom. The van der Waals surface area contributed by atoms with Crippen LogP contribution in [0.1, 0.15) is 54.2 Å². The number of nitro benzene ring substituents is 1. The van der Waals surface area contributed by atoms with Gasteiger partial charge in [0, 0.05) is 11.6 Å². The second-order valence-electron chi connectivity index (χ2n) is 6.61. The van der Waals surface area contributed by atoms with Gasteiger partial charge in [-0.1, -0.05) is 30.3 Å². The number of hydrogen-bond donors (Lipinski definition) is 0. The lowest BCUT2D eigenvalue weighted by Crippen LogP contribution is -2.14. The van der Waals surface area contributed by atoms with E-state index in [-0.39, 0.29) is 16.5 Å². The van der Waals surface area contributed by atoms with E-state index in [0.717, 1.165) is 42.6 Å². The molecule has 2 aromatic rings. The highest BCUT2D eigenvalue weighted by atomic mass is 16.6. The second-order valence-corrected chi connectivity index (χ2v) is 6.61. The minimum Gasteiger partial charge on any atom is -0.496 e. The number of aryl methyl sites for hydroxylation is 1. The van der Waals surface area contributed by atoms with Gasteiger partial charge >= 0.3 is 0 Å². The maximum atomic E-state index is 11.4. The van der Waals surface area contributed by atoms with Crippen molar-refractivity contribution in [3.05, 3.63) is 69.3 Å². The Labute approximate surface area is 142 Å². The highest BCUT2D eigenvalue weighted by Gasteiger charge is 2.29. The summed E-state index contributed by atoms with van der Waals surface area (Å²) in [7, 11) is 1.71. The summed E-state index contributed by atoms with van der Waals surface area (Å²) >= 11 is 0. The molecule has 0 atom stereocenters. The number of para-hydroxylation sites is 1. The van der Waals surface area contributed by atoms with Gasteiger partial charge in [-0.3, -0.25) is 10.1 Å². The molecule has 3 rings (SSSR count). The highest BCUT2D eigenvalue weighted by Crippen LogP contribution is 2.44. The number of nitro groups is 1. The van der Waals surface area contributed by atoms with Crippen LogP contribution in [0.4, 0.5) is 5.69 Å². The van der Waals surface area contributed by atoms with Crippen LogP contribution in [0.25, 0.3) is 0 Å². The summed E-state index contributed by atoms with van der Waals surface area (Å²) in [4.78, 5) is 11.1. The first kappa shape index (κ1) is 16.5. The summed E-state index contributed by atoms with van der Waals surface area (Å²) in [5, 5.41) is 11.4. The molecule has 4 nitrogen and oxygen atoms in total. The summed E-state index contributed by atoms with van der Waals surface area (Å²) < 4.78 is 5.48. The second kappa shape index (κ2) is 7.04. The van der Waals surface area contributed by atoms with Gasteiger partial charge in [0.25, 0.3) is 5.69 Å². The van der Waals surface area contributed by atoms with Crippen LogP contribution in [0.3, 0.4) is 0 Å². The number of methoxy groups -OCH3 is 1. The summed E-state index contributed by atoms with van der Waals surface area (Å²) in [6.45, 7) is 1.90. The molecule has 126 valence electrons. The summed E-state index contributed by atoms with van der Waals surface area (Å²) in [6.07, 6.45) is 4.03. The van der Waals surface area contributed by atoms with Gasteiger partial charge in [-0.15, -0.1) is 0 Å². The van der Waals surface area contributed by atoms with Crippen molar-refractivity contribution in [2.45, 2.75) is 44.4 Å². The molecule has 24 heavy (non-hydrogen) atoms. The SMILES string of the molecule is COc1ccccc1C1CCC(c2ccc(C)cc2[N+](=O)[O-])CC1. The number of nitrogens with zero attached hydrogens (tertiary/aromatic N) is 1. The molecular formula is C20H23NO3. The van der Waals surface area contributed by atoms with Crippen LogP contribution in [0.15, 0.2) is 42.5 Å². The van der Waals surface area contributed by atoms with Crippen molar-refractivity contribution in [3.8, 4) is 5.75 Å². The summed E-state index contributed by atoms with van der Waals surface area (Å²) in [5.41, 5.74) is 3.37. The molecule has 0 amide bonds. The third kappa shape index (κ3) is 3.28. The molecular weight excluding hydrogens is 302 g/mol. The molecule has 4 heteroatoms. The van der Waals surface area contributed by atoms with Crippen molar-refractivity contribution in [3.63, 3.8) is 0 Å². The van der Waals surface area contributed by atoms with E-state index in [2.05, 4.69) is 12.1 Å². The fourth-order valence-electron chi connectivity index (χ4n) is 3.88. The fraction of sp³-hybridized carbons (Fsp3) is 0.400. The lowest BCUT2D eigenvalue weighted by Gasteiger charge is -2.29. The molecule has 0 unspecified atom stereocenters. The third-order valence-corrected chi connectivity index (χ3v) is 5.13. The van der Waals surface area contributed by atoms with Gasteiger partial charge in [-0.05, 0) is 61.6 Å². The standard InChI is InChI=1S/C20H23NO3/c1-14-7-12-17(19(13-14)21(22)23)15-8-10-16(11-9-15)18-5-3-4-6-20(18)24-2/h3-7,12-13,15-16H,8-11H2,1-2H3. The molecule has 2 aromatic carbocycles. The van der Waals surface area contributed by atoms with Crippen LogP contribution < -0.4 is 4.74 Å². The van der Waals surface area contributed by atoms with E-state index in [9.17, 15) is 10.1 Å². The Kier molecular flexibility index (Phi) is 4.84. The predicted molar refractivity (Wildman–Crippen MR) is 94.8 cm³/mol. The Bertz CT molecular complexity index is 733. The van der Waals surface area contributed by atoms with E-state index in [0.29, 0.717) is 5.92 Å². The van der Waals surface area contributed by atoms with E-state index in [1.54, 1.807) is 13.2 Å². The molecule has 0 spiro atoms. The van der Waals surface area contributed by atoms with E-state index in [1.165, 1.54) is 5.56 Å². The van der Waals surface area contributed by atoms with Gasteiger partial charge in [-0.2, -0.15) is 0 Å². The van der Waals surface area contributed by atoms with Crippen molar-refractivity contribution >= 4 is 5.69 Å². The zero-order chi connectivity index (χ0) is 17.1. The molecule has 0 heterocycles. The number of rotatable bonds is 4. The molecule has 1 fully saturated rings. The number of benzene rings is 2. The van der Waals surface area contributed by atoms with Crippen molar-refractivity contribution in [1.29, 1.82) is 0 Å². The predicted octanol–water partition coefficient (Wildman–Crippen LogP) is 5.35. The molecule has 0 radical (unpaired) electrons. The first-order valence-corrected chi connectivity index (χ1v) is 8.48. The maximum Gasteiger partial charge on any atom is 0.273 e. The van der Waals surface area contributed by atoms with Crippen LogP contribution in [-0.2, 0) is 0 Å². The average molecular weight is 325 g/mol. The van der Waals surface area contributed by atoms with Gasteiger partial charge < -0.3 is 4.74 Å². The van der Waals surface area contributed by atoms with E-state index in [4.69, 9.17) is 4.74 Å². The van der Waals surface area contributed by atoms with E-state index >= 15 is 0 Å². The van der Waals surface area contributed by atoms with E-state index in [1.807, 2.05) is 31.2 Å². The molecule has 1 aliphatic carbocycles. The monoisotopic (exact) mass is 325 g/mol. The maximum absolute atomic E-state index is 11.4. The molecule has 0 N–H and O–H groups in total. The summed E-state index contributed by atoms with van der Waals surface area (Å²) in [5.74, 6) is 1.70. The first-order valence-electron chi connectivity index (χ1n) is 8.48. The van der Waals surface area contributed by atoms with Gasteiger partial charge in [0.15, 0.2) is 0 Å². The van der Waals surface area contributed by atoms with Gasteiger partial charge in [0.05, 0.1) is 12.0 Å². The Morgan fingerprint density at radius 3 is 2.25 bits per heavy atom. The van der Waals surface area contributed by atoms with Crippen molar-refractivity contribution in [2.24, 2.45) is 0 Å². The lowest BCUT2D eigenvalue weighted by molar-refractivity contribution is -0.385. The van der Waals surface area contributed by atoms with Crippen LogP contribution in [0.5, 0.6) is 5.75 Å². The Hall–Kier alpha value is -2.36. The van der Waals surface area contributed by atoms with Crippen molar-refractivity contribution in [1.82, 2.24) is 0 Å². The molecule has 1 aliphatic rings. The highest BCUT2D eigenvalue weighted by molar-refractivity contribution is 5.45. The normalized spacial score (nSPS) is 20.6. The van der Waals surface area contributed by atoms with Crippen LogP contribution >= 0.6 is 0 Å². The zero-order valence-corrected chi connectivity index (χ0v) is 14.2. The molecule has 0 bridgehead atoms. The van der Waals surface area contributed by atoms with E-state index < -0.39 is 0 Å². The average Bonchev–Trinajstić information content (AvgIpc) is 2.62. The number of hydrogen-bond acceptors (Lipinski definition) is 3. The van der Waals surface area contributed by atoms with Crippen LogP contribution in [0.2, 0.25) is 0 Å². The minimum atomic E-state index is -0.241. The quantitative estimate of drug-likeness (QED) is 0.562. The molecule has 0 saturated heterocycles. The van der Waals surface area contributed by atoms with Gasteiger partial charge in [0.2, 0.25) is 0 Å². The molecule has 0 aliphatic heterocycles. The van der Waals surface area contributed by atoms with Gasteiger partial charge in [0.1, 0.15) is 5.75 Å². The Morgan fingerprint density at radius 2 is 1.62 bits per heavy atom. The largest absolute Gasteiger partial charge is 0.496 e. The first-order chi connectivity index (χ1) is 11.6. The lowest BCUT2D eigenvalue weighted by atomic mass is 9.75. The minimum absolute atomic E-state index is 0.241. The fourth-order valence-corrected chi connectivity index (χ4v) is 3.88. The van der Waals surface area contributed by atoms with Crippen molar-refractivity contribution in [2.75, 3.05) is 7.11 Å². The summed E-state index contributed by atoms with van der Waals surface area (Å²) in [6, 6.07) is 13.8. The molecule has 0 aromatic heterocycles. The zero-order valence-electron chi connectivity index (χ0n) is 14.2. The Balaban J connectivity index is 1.77. The van der Waals surface area contributed by atoms with Crippen molar-refractivity contribution < 1.29 is 9.66 Å². The molecule has 1 saturated carbocycles. The number of ether oxygens (including phenoxy) is 1. The topological polar surface area (TPSA) is 52.4 Å².